The van der Waals surface area contributed by atoms with Crippen LogP contribution in [0.1, 0.15) is 53.4 Å². The topological polar surface area (TPSA) is 18.5 Å². The van der Waals surface area contributed by atoms with Crippen molar-refractivity contribution >= 4 is 0 Å². The van der Waals surface area contributed by atoms with Gasteiger partial charge in [-0.1, -0.05) is 27.2 Å². The summed E-state index contributed by atoms with van der Waals surface area (Å²) in [6, 6.07) is 2.98. The van der Waals surface area contributed by atoms with Gasteiger partial charge in [-0.05, 0) is 45.7 Å². The van der Waals surface area contributed by atoms with Crippen molar-refractivity contribution in [3.63, 3.8) is 0 Å². The van der Waals surface area contributed by atoms with Crippen LogP contribution in [-0.2, 0) is 0 Å². The largest absolute Gasteiger partial charge is 0.311 e. The summed E-state index contributed by atoms with van der Waals surface area (Å²) in [5, 5.41) is 3.81. The number of rotatable bonds is 4. The predicted octanol–water partition coefficient (Wildman–Crippen LogP) is 2.57. The fraction of sp³-hybridized carbons (Fsp3) is 1.00. The zero-order chi connectivity index (χ0) is 14.7. The number of nitrogens with one attached hydrogen (secondary N) is 1. The monoisotopic (exact) mass is 281 g/mol. The number of likely N-dealkylation sites (tertiary alicyclic amines) is 1. The normalized spacial score (nSPS) is 38.9. The molecular weight excluding hydrogens is 246 g/mol. The molecule has 2 aliphatic rings. The number of hydrogen-bond acceptors (Lipinski definition) is 3. The summed E-state index contributed by atoms with van der Waals surface area (Å²) in [5.74, 6) is 0.791. The first-order valence-corrected chi connectivity index (χ1v) is 8.76. The zero-order valence-electron chi connectivity index (χ0n) is 14.2. The van der Waals surface area contributed by atoms with E-state index in [1.165, 1.54) is 45.3 Å². The maximum absolute atomic E-state index is 3.81. The summed E-state index contributed by atoms with van der Waals surface area (Å²) in [7, 11) is 2.28. The number of hydrogen-bond donors (Lipinski definition) is 1. The van der Waals surface area contributed by atoms with E-state index in [2.05, 4.69) is 49.9 Å². The summed E-state index contributed by atoms with van der Waals surface area (Å²) in [6.45, 7) is 13.2. The third kappa shape index (κ3) is 3.55. The van der Waals surface area contributed by atoms with Crippen molar-refractivity contribution in [1.82, 2.24) is 15.1 Å². The molecule has 20 heavy (non-hydrogen) atoms. The van der Waals surface area contributed by atoms with E-state index >= 15 is 0 Å². The molecule has 0 amide bonds. The van der Waals surface area contributed by atoms with Gasteiger partial charge in [-0.25, -0.2) is 0 Å². The molecule has 0 aromatic carbocycles. The van der Waals surface area contributed by atoms with E-state index in [0.29, 0.717) is 6.04 Å². The van der Waals surface area contributed by atoms with Gasteiger partial charge in [0.1, 0.15) is 0 Å². The average Bonchev–Trinajstić information content (AvgIpc) is 2.48. The van der Waals surface area contributed by atoms with Gasteiger partial charge in [0.25, 0.3) is 0 Å². The molecule has 0 aliphatic carbocycles. The Morgan fingerprint density at radius 3 is 2.65 bits per heavy atom. The Bertz CT molecular complexity index is 294. The molecule has 2 rings (SSSR count). The minimum atomic E-state index is 0.692. The molecule has 2 heterocycles. The number of piperidine rings is 1. The van der Waals surface area contributed by atoms with Crippen molar-refractivity contribution < 1.29 is 0 Å². The molecular formula is C17H35N3. The molecule has 0 radical (unpaired) electrons. The molecule has 3 heteroatoms. The smallest absolute Gasteiger partial charge is 0.0221 e. The van der Waals surface area contributed by atoms with E-state index in [0.717, 1.165) is 24.0 Å². The fourth-order valence-corrected chi connectivity index (χ4v) is 3.90. The Hall–Kier alpha value is -0.120. The maximum Gasteiger partial charge on any atom is 0.0221 e. The van der Waals surface area contributed by atoms with Gasteiger partial charge in [-0.2, -0.15) is 0 Å². The Morgan fingerprint density at radius 1 is 1.30 bits per heavy atom. The minimum absolute atomic E-state index is 0.692. The van der Waals surface area contributed by atoms with Gasteiger partial charge in [0, 0.05) is 37.3 Å². The second-order valence-corrected chi connectivity index (χ2v) is 7.17. The van der Waals surface area contributed by atoms with Crippen LogP contribution in [0.3, 0.4) is 0 Å². The molecule has 2 saturated heterocycles. The summed E-state index contributed by atoms with van der Waals surface area (Å²) >= 11 is 0. The summed E-state index contributed by atoms with van der Waals surface area (Å²) in [4.78, 5) is 5.38. The molecule has 3 nitrogen and oxygen atoms in total. The highest BCUT2D eigenvalue weighted by Crippen LogP contribution is 2.26. The van der Waals surface area contributed by atoms with Crippen LogP contribution >= 0.6 is 0 Å². The van der Waals surface area contributed by atoms with Gasteiger partial charge >= 0.3 is 0 Å². The van der Waals surface area contributed by atoms with E-state index < -0.39 is 0 Å². The van der Waals surface area contributed by atoms with Crippen LogP contribution in [0.15, 0.2) is 0 Å². The summed E-state index contributed by atoms with van der Waals surface area (Å²) in [5.41, 5.74) is 0. The van der Waals surface area contributed by atoms with E-state index in [9.17, 15) is 0 Å². The van der Waals surface area contributed by atoms with Gasteiger partial charge in [-0.15, -0.1) is 0 Å². The molecule has 0 saturated carbocycles. The van der Waals surface area contributed by atoms with Crippen molar-refractivity contribution in [3.8, 4) is 0 Å². The van der Waals surface area contributed by atoms with E-state index in [1.807, 2.05) is 0 Å². The second-order valence-electron chi connectivity index (χ2n) is 7.17. The van der Waals surface area contributed by atoms with E-state index in [1.54, 1.807) is 0 Å². The van der Waals surface area contributed by atoms with E-state index in [-0.39, 0.29) is 0 Å². The standard InChI is InChI=1S/C17H35N3/c1-6-13(3)17-12-20(15(7-2)11-18-17)16-8-9-19(5)14(4)10-16/h13-18H,6-12H2,1-5H3. The van der Waals surface area contributed by atoms with Gasteiger partial charge in [0.15, 0.2) is 0 Å². The SMILES string of the molecule is CCC(C)C1CN(C2CCN(C)C(C)C2)C(CC)CN1. The average molecular weight is 281 g/mol. The van der Waals surface area contributed by atoms with Gasteiger partial charge in [-0.3, -0.25) is 4.90 Å². The molecule has 2 fully saturated rings. The third-order valence-corrected chi connectivity index (χ3v) is 5.94. The van der Waals surface area contributed by atoms with Crippen molar-refractivity contribution in [2.45, 2.75) is 77.5 Å². The lowest BCUT2D eigenvalue weighted by molar-refractivity contribution is 0.0211. The maximum atomic E-state index is 3.81. The lowest BCUT2D eigenvalue weighted by Gasteiger charge is -2.49. The van der Waals surface area contributed by atoms with Gasteiger partial charge < -0.3 is 10.2 Å². The molecule has 1 N–H and O–H groups in total. The fourth-order valence-electron chi connectivity index (χ4n) is 3.90. The van der Waals surface area contributed by atoms with Crippen LogP contribution in [0.25, 0.3) is 0 Å². The van der Waals surface area contributed by atoms with Crippen molar-refractivity contribution in [2.75, 3.05) is 26.7 Å². The highest BCUT2D eigenvalue weighted by molar-refractivity contribution is 4.93. The Balaban J connectivity index is 2.01. The lowest BCUT2D eigenvalue weighted by Crippen LogP contribution is -2.62. The highest BCUT2D eigenvalue weighted by Gasteiger charge is 2.36. The first-order chi connectivity index (χ1) is 9.56. The van der Waals surface area contributed by atoms with Crippen LogP contribution in [0.5, 0.6) is 0 Å². The third-order valence-electron chi connectivity index (χ3n) is 5.94. The number of nitrogens with zero attached hydrogens (tertiary/aromatic N) is 2. The van der Waals surface area contributed by atoms with Crippen LogP contribution < -0.4 is 5.32 Å². The number of piperazine rings is 1. The molecule has 2 aliphatic heterocycles. The van der Waals surface area contributed by atoms with Gasteiger partial charge in [0.05, 0.1) is 0 Å². The zero-order valence-corrected chi connectivity index (χ0v) is 14.2. The van der Waals surface area contributed by atoms with Crippen LogP contribution in [0.4, 0.5) is 0 Å². The van der Waals surface area contributed by atoms with Crippen molar-refractivity contribution in [3.05, 3.63) is 0 Å². The van der Waals surface area contributed by atoms with Crippen LogP contribution in [0, 0.1) is 5.92 Å². The minimum Gasteiger partial charge on any atom is -0.311 e. The lowest BCUT2D eigenvalue weighted by atomic mass is 9.90. The van der Waals surface area contributed by atoms with E-state index in [4.69, 9.17) is 0 Å². The second kappa shape index (κ2) is 7.24. The van der Waals surface area contributed by atoms with Crippen molar-refractivity contribution in [1.29, 1.82) is 0 Å². The molecule has 5 unspecified atom stereocenters. The molecule has 0 aromatic heterocycles. The predicted molar refractivity (Wildman–Crippen MR) is 87.1 cm³/mol. The van der Waals surface area contributed by atoms with Crippen LogP contribution in [0.2, 0.25) is 0 Å². The Kier molecular flexibility index (Phi) is 5.88. The molecule has 118 valence electrons. The molecule has 0 aromatic rings. The Labute approximate surface area is 126 Å². The van der Waals surface area contributed by atoms with Gasteiger partial charge in [0.2, 0.25) is 0 Å². The highest BCUT2D eigenvalue weighted by atomic mass is 15.3. The first-order valence-electron chi connectivity index (χ1n) is 8.76. The molecule has 5 atom stereocenters. The van der Waals surface area contributed by atoms with Crippen molar-refractivity contribution in [2.24, 2.45) is 5.92 Å². The van der Waals surface area contributed by atoms with Crippen LogP contribution in [-0.4, -0.2) is 60.6 Å². The summed E-state index contributed by atoms with van der Waals surface area (Å²) < 4.78 is 0. The summed E-state index contributed by atoms with van der Waals surface area (Å²) in [6.07, 6.45) is 5.26. The quantitative estimate of drug-likeness (QED) is 0.854. The molecule has 0 bridgehead atoms. The first kappa shape index (κ1) is 16.3. The Morgan fingerprint density at radius 2 is 2.05 bits per heavy atom. The molecule has 0 spiro atoms.